The van der Waals surface area contributed by atoms with Gasteiger partial charge in [0.1, 0.15) is 5.75 Å². The second-order valence-electron chi connectivity index (χ2n) is 8.72. The van der Waals surface area contributed by atoms with Gasteiger partial charge >= 0.3 is 6.03 Å². The third-order valence-corrected chi connectivity index (χ3v) is 5.55. The van der Waals surface area contributed by atoms with Crippen molar-refractivity contribution in [2.24, 2.45) is 17.3 Å². The second kappa shape index (κ2) is 7.87. The Morgan fingerprint density at radius 1 is 1.31 bits per heavy atom. The molecule has 144 valence electrons. The quantitative estimate of drug-likeness (QED) is 0.775. The Balaban J connectivity index is 1.54. The number of urea groups is 1. The summed E-state index contributed by atoms with van der Waals surface area (Å²) in [6.45, 7) is 8.51. The molecular weight excluding hydrogens is 326 g/mol. The van der Waals surface area contributed by atoms with E-state index >= 15 is 0 Å². The number of carbonyl (C=O) groups is 1. The first kappa shape index (κ1) is 19.0. The molecule has 1 aromatic rings. The lowest BCUT2D eigenvalue weighted by Gasteiger charge is -2.34. The molecule has 2 unspecified atom stereocenters. The Kier molecular flexibility index (Phi) is 5.76. The molecule has 2 amide bonds. The van der Waals surface area contributed by atoms with Crippen LogP contribution in [0.1, 0.15) is 32.3 Å². The fraction of sp³-hybridized carbons (Fsp3) is 0.667. The van der Waals surface area contributed by atoms with E-state index in [0.717, 1.165) is 43.5 Å². The number of ether oxygens (including phenoxy) is 1. The number of hydrogen-bond acceptors (Lipinski definition) is 3. The van der Waals surface area contributed by atoms with Gasteiger partial charge in [0.2, 0.25) is 0 Å². The minimum absolute atomic E-state index is 0.0639. The summed E-state index contributed by atoms with van der Waals surface area (Å²) in [5.74, 6) is 2.15. The summed E-state index contributed by atoms with van der Waals surface area (Å²) < 4.78 is 5.74. The number of hydrogen-bond donors (Lipinski definition) is 1. The maximum atomic E-state index is 12.3. The van der Waals surface area contributed by atoms with E-state index in [1.54, 1.807) is 0 Å². The number of carbonyl (C=O) groups excluding carboxylic acids is 1. The molecule has 0 radical (unpaired) electrons. The first-order chi connectivity index (χ1) is 12.4. The fourth-order valence-electron chi connectivity index (χ4n) is 3.84. The van der Waals surface area contributed by atoms with Crippen molar-refractivity contribution in [1.82, 2.24) is 15.1 Å². The van der Waals surface area contributed by atoms with Gasteiger partial charge in [-0.25, -0.2) is 4.79 Å². The average Bonchev–Trinajstić information content (AvgIpc) is 3.28. The van der Waals surface area contributed by atoms with Gasteiger partial charge in [-0.2, -0.15) is 0 Å². The van der Waals surface area contributed by atoms with Crippen molar-refractivity contribution in [3.63, 3.8) is 0 Å². The van der Waals surface area contributed by atoms with Crippen LogP contribution in [-0.2, 0) is 6.54 Å². The number of rotatable bonds is 8. The number of benzene rings is 1. The molecule has 1 aromatic carbocycles. The van der Waals surface area contributed by atoms with Gasteiger partial charge in [-0.3, -0.25) is 0 Å². The Labute approximate surface area is 157 Å². The minimum atomic E-state index is 0.0639. The van der Waals surface area contributed by atoms with E-state index in [-0.39, 0.29) is 6.03 Å². The van der Waals surface area contributed by atoms with Crippen LogP contribution >= 0.6 is 0 Å². The van der Waals surface area contributed by atoms with Crippen molar-refractivity contribution in [2.45, 2.75) is 33.2 Å². The number of nitrogens with one attached hydrogen (secondary N) is 1. The number of nitrogens with zero attached hydrogens (tertiary/aromatic N) is 2. The van der Waals surface area contributed by atoms with Gasteiger partial charge in [-0.1, -0.05) is 26.0 Å². The van der Waals surface area contributed by atoms with Gasteiger partial charge in [0.15, 0.2) is 0 Å². The van der Waals surface area contributed by atoms with Crippen molar-refractivity contribution in [3.05, 3.63) is 29.8 Å². The van der Waals surface area contributed by atoms with Crippen LogP contribution in [0.15, 0.2) is 24.3 Å². The molecule has 2 fully saturated rings. The molecule has 5 nitrogen and oxygen atoms in total. The summed E-state index contributed by atoms with van der Waals surface area (Å²) in [6, 6.07) is 8.22. The van der Waals surface area contributed by atoms with Crippen LogP contribution in [0.3, 0.4) is 0 Å². The predicted octanol–water partition coefficient (Wildman–Crippen LogP) is 3.20. The maximum absolute atomic E-state index is 12.3. The van der Waals surface area contributed by atoms with Crippen molar-refractivity contribution in [1.29, 1.82) is 0 Å². The summed E-state index contributed by atoms with van der Waals surface area (Å²) in [6.07, 6.45) is 2.46. The molecule has 1 heterocycles. The van der Waals surface area contributed by atoms with Crippen molar-refractivity contribution < 1.29 is 9.53 Å². The van der Waals surface area contributed by atoms with E-state index in [0.29, 0.717) is 17.9 Å². The molecule has 0 aromatic heterocycles. The normalized spacial score (nSPS) is 25.1. The van der Waals surface area contributed by atoms with Gasteiger partial charge in [0.05, 0.1) is 6.61 Å². The monoisotopic (exact) mass is 359 g/mol. The Morgan fingerprint density at radius 2 is 2.04 bits per heavy atom. The van der Waals surface area contributed by atoms with Crippen LogP contribution in [0.5, 0.6) is 5.75 Å². The van der Waals surface area contributed by atoms with Gasteiger partial charge in [0.25, 0.3) is 0 Å². The van der Waals surface area contributed by atoms with Crippen LogP contribution in [0, 0.1) is 17.3 Å². The molecule has 1 N–H and O–H groups in total. The molecule has 0 bridgehead atoms. The lowest BCUT2D eigenvalue weighted by molar-refractivity contribution is 0.151. The van der Waals surface area contributed by atoms with Crippen LogP contribution in [0.2, 0.25) is 0 Å². The SMILES string of the molecule is CC(C)COc1ccc(CN2CC3(CNC2=O)CC3CCN(C)C)cc1. The highest BCUT2D eigenvalue weighted by Crippen LogP contribution is 2.55. The molecule has 1 saturated carbocycles. The molecule has 26 heavy (non-hydrogen) atoms. The zero-order valence-electron chi connectivity index (χ0n) is 16.6. The van der Waals surface area contributed by atoms with Gasteiger partial charge in [0, 0.05) is 25.0 Å². The van der Waals surface area contributed by atoms with Gasteiger partial charge in [-0.15, -0.1) is 0 Å². The molecule has 3 rings (SSSR count). The molecule has 1 aliphatic carbocycles. The van der Waals surface area contributed by atoms with E-state index in [4.69, 9.17) is 4.74 Å². The van der Waals surface area contributed by atoms with Crippen molar-refractivity contribution in [3.8, 4) is 5.75 Å². The minimum Gasteiger partial charge on any atom is -0.493 e. The van der Waals surface area contributed by atoms with Gasteiger partial charge < -0.3 is 19.9 Å². The second-order valence-corrected chi connectivity index (χ2v) is 8.72. The highest BCUT2D eigenvalue weighted by molar-refractivity contribution is 5.75. The maximum Gasteiger partial charge on any atom is 0.317 e. The summed E-state index contributed by atoms with van der Waals surface area (Å²) in [7, 11) is 4.25. The largest absolute Gasteiger partial charge is 0.493 e. The van der Waals surface area contributed by atoms with E-state index in [1.807, 2.05) is 17.0 Å². The standard InChI is InChI=1S/C21H33N3O2/c1-16(2)13-26-19-7-5-17(6-8-19)12-24-15-21(14-22-20(24)25)11-18(21)9-10-23(3)4/h5-8,16,18H,9-15H2,1-4H3,(H,22,25). The predicted molar refractivity (Wildman–Crippen MR) is 104 cm³/mol. The van der Waals surface area contributed by atoms with E-state index in [2.05, 4.69) is 50.3 Å². The first-order valence-corrected chi connectivity index (χ1v) is 9.77. The molecule has 2 atom stereocenters. The number of amides is 2. The third kappa shape index (κ3) is 4.70. The summed E-state index contributed by atoms with van der Waals surface area (Å²) in [4.78, 5) is 16.5. The summed E-state index contributed by atoms with van der Waals surface area (Å²) in [5, 5.41) is 3.12. The highest BCUT2D eigenvalue weighted by Gasteiger charge is 2.56. The first-order valence-electron chi connectivity index (χ1n) is 9.77. The molecular formula is C21H33N3O2. The van der Waals surface area contributed by atoms with Crippen LogP contribution in [-0.4, -0.2) is 56.2 Å². The molecule has 1 spiro atoms. The lowest BCUT2D eigenvalue weighted by atomic mass is 9.98. The summed E-state index contributed by atoms with van der Waals surface area (Å²) in [5.41, 5.74) is 1.45. The average molecular weight is 360 g/mol. The van der Waals surface area contributed by atoms with Crippen LogP contribution < -0.4 is 10.1 Å². The zero-order valence-corrected chi connectivity index (χ0v) is 16.6. The lowest BCUT2D eigenvalue weighted by Crippen LogP contribution is -2.52. The molecule has 2 aliphatic rings. The molecule has 1 aliphatic heterocycles. The van der Waals surface area contributed by atoms with Crippen molar-refractivity contribution in [2.75, 3.05) is 40.3 Å². The fourth-order valence-corrected chi connectivity index (χ4v) is 3.84. The Bertz CT molecular complexity index is 614. The van der Waals surface area contributed by atoms with Gasteiger partial charge in [-0.05, 0) is 63.0 Å². The smallest absolute Gasteiger partial charge is 0.317 e. The van der Waals surface area contributed by atoms with Crippen molar-refractivity contribution >= 4 is 6.03 Å². The Morgan fingerprint density at radius 3 is 2.69 bits per heavy atom. The molecule has 5 heteroatoms. The highest BCUT2D eigenvalue weighted by atomic mass is 16.5. The topological polar surface area (TPSA) is 44.8 Å². The zero-order chi connectivity index (χ0) is 18.7. The van der Waals surface area contributed by atoms with E-state index < -0.39 is 0 Å². The van der Waals surface area contributed by atoms with Crippen LogP contribution in [0.25, 0.3) is 0 Å². The van der Waals surface area contributed by atoms with Crippen LogP contribution in [0.4, 0.5) is 4.79 Å². The van der Waals surface area contributed by atoms with E-state index in [1.165, 1.54) is 12.8 Å². The third-order valence-electron chi connectivity index (χ3n) is 5.55. The Hall–Kier alpha value is -1.75. The molecule has 1 saturated heterocycles. The summed E-state index contributed by atoms with van der Waals surface area (Å²) >= 11 is 0. The van der Waals surface area contributed by atoms with E-state index in [9.17, 15) is 4.79 Å².